The zero-order chi connectivity index (χ0) is 15.1. The van der Waals surface area contributed by atoms with Crippen LogP contribution in [0.25, 0.3) is 0 Å². The van der Waals surface area contributed by atoms with Gasteiger partial charge in [-0.3, -0.25) is 0 Å². The van der Waals surface area contributed by atoms with Crippen LogP contribution in [-0.2, 0) is 11.3 Å². The molecule has 1 atom stereocenters. The molecule has 2 rings (SSSR count). The van der Waals surface area contributed by atoms with Crippen molar-refractivity contribution in [3.63, 3.8) is 0 Å². The number of hydrogen-bond donors (Lipinski definition) is 3. The number of carboxylic acid groups (broad SMARTS) is 1. The molecule has 1 unspecified atom stereocenters. The van der Waals surface area contributed by atoms with Crippen LogP contribution in [0.2, 0.25) is 0 Å². The van der Waals surface area contributed by atoms with Gasteiger partial charge in [-0.1, -0.05) is 12.1 Å². The lowest BCUT2D eigenvalue weighted by Crippen LogP contribution is -2.36. The summed E-state index contributed by atoms with van der Waals surface area (Å²) in [5.74, 6) is -0.974. The van der Waals surface area contributed by atoms with Crippen LogP contribution in [0.4, 0.5) is 4.79 Å². The first-order valence-electron chi connectivity index (χ1n) is 7.10. The molecule has 0 spiro atoms. The minimum atomic E-state index is -0.974. The Morgan fingerprint density at radius 2 is 2.19 bits per heavy atom. The SMILES string of the molecule is O=C(NCCC1CCCO1)NCc1cccc(C(=O)O)c1. The van der Waals surface area contributed by atoms with Crippen molar-refractivity contribution >= 4 is 12.0 Å². The number of amides is 2. The third-order valence-electron chi connectivity index (χ3n) is 3.40. The molecule has 3 N–H and O–H groups in total. The molecule has 6 heteroatoms. The molecule has 1 fully saturated rings. The highest BCUT2D eigenvalue weighted by Crippen LogP contribution is 2.14. The summed E-state index contributed by atoms with van der Waals surface area (Å²) in [6.07, 6.45) is 3.24. The zero-order valence-corrected chi connectivity index (χ0v) is 11.8. The van der Waals surface area contributed by atoms with Crippen molar-refractivity contribution in [3.8, 4) is 0 Å². The monoisotopic (exact) mass is 292 g/mol. The second-order valence-corrected chi connectivity index (χ2v) is 5.04. The lowest BCUT2D eigenvalue weighted by atomic mass is 10.1. The third-order valence-corrected chi connectivity index (χ3v) is 3.40. The molecule has 114 valence electrons. The Balaban J connectivity index is 1.68. The fourth-order valence-electron chi connectivity index (χ4n) is 2.28. The molecule has 0 saturated carbocycles. The molecule has 0 bridgehead atoms. The molecule has 1 aromatic carbocycles. The smallest absolute Gasteiger partial charge is 0.335 e. The van der Waals surface area contributed by atoms with Crippen molar-refractivity contribution in [2.75, 3.05) is 13.2 Å². The maximum absolute atomic E-state index is 11.6. The van der Waals surface area contributed by atoms with Crippen LogP contribution in [0.3, 0.4) is 0 Å². The van der Waals surface area contributed by atoms with Crippen molar-refractivity contribution < 1.29 is 19.4 Å². The normalized spacial score (nSPS) is 17.4. The molecular weight excluding hydrogens is 272 g/mol. The van der Waals surface area contributed by atoms with Crippen LogP contribution in [0.5, 0.6) is 0 Å². The summed E-state index contributed by atoms with van der Waals surface area (Å²) in [4.78, 5) is 22.5. The highest BCUT2D eigenvalue weighted by molar-refractivity contribution is 5.87. The number of hydrogen-bond acceptors (Lipinski definition) is 3. The minimum Gasteiger partial charge on any atom is -0.478 e. The molecule has 0 aromatic heterocycles. The summed E-state index contributed by atoms with van der Waals surface area (Å²) in [7, 11) is 0. The average molecular weight is 292 g/mol. The van der Waals surface area contributed by atoms with Crippen LogP contribution >= 0.6 is 0 Å². The van der Waals surface area contributed by atoms with E-state index in [1.165, 1.54) is 6.07 Å². The molecule has 0 aliphatic carbocycles. The van der Waals surface area contributed by atoms with E-state index < -0.39 is 5.97 Å². The van der Waals surface area contributed by atoms with E-state index in [0.29, 0.717) is 13.1 Å². The van der Waals surface area contributed by atoms with Crippen LogP contribution in [-0.4, -0.2) is 36.4 Å². The molecule has 1 heterocycles. The minimum absolute atomic E-state index is 0.216. The number of nitrogens with one attached hydrogen (secondary N) is 2. The number of aromatic carboxylic acids is 1. The van der Waals surface area contributed by atoms with Crippen LogP contribution < -0.4 is 10.6 Å². The molecule has 1 saturated heterocycles. The number of rotatable bonds is 6. The van der Waals surface area contributed by atoms with Gasteiger partial charge in [0.1, 0.15) is 0 Å². The van der Waals surface area contributed by atoms with Gasteiger partial charge in [0, 0.05) is 19.7 Å². The second kappa shape index (κ2) is 7.64. The van der Waals surface area contributed by atoms with Gasteiger partial charge in [-0.05, 0) is 37.0 Å². The summed E-state index contributed by atoms with van der Waals surface area (Å²) < 4.78 is 5.47. The van der Waals surface area contributed by atoms with Gasteiger partial charge in [0.25, 0.3) is 0 Å². The largest absolute Gasteiger partial charge is 0.478 e. The Morgan fingerprint density at radius 1 is 1.33 bits per heavy atom. The lowest BCUT2D eigenvalue weighted by Gasteiger charge is -2.11. The van der Waals surface area contributed by atoms with Gasteiger partial charge in [0.05, 0.1) is 11.7 Å². The molecule has 6 nitrogen and oxygen atoms in total. The Kier molecular flexibility index (Phi) is 5.57. The summed E-state index contributed by atoms with van der Waals surface area (Å²) >= 11 is 0. The van der Waals surface area contributed by atoms with Gasteiger partial charge in [0.15, 0.2) is 0 Å². The predicted octanol–water partition coefficient (Wildman–Crippen LogP) is 1.75. The first kappa shape index (κ1) is 15.3. The Bertz CT molecular complexity index is 498. The van der Waals surface area contributed by atoms with Crippen LogP contribution in [0.1, 0.15) is 35.2 Å². The summed E-state index contributed by atoms with van der Waals surface area (Å²) in [5.41, 5.74) is 0.970. The highest BCUT2D eigenvalue weighted by atomic mass is 16.5. The summed E-state index contributed by atoms with van der Waals surface area (Å²) in [5, 5.41) is 14.4. The quantitative estimate of drug-likeness (QED) is 0.745. The van der Waals surface area contributed by atoms with Gasteiger partial charge in [-0.2, -0.15) is 0 Å². The van der Waals surface area contributed by atoms with Crippen LogP contribution in [0, 0.1) is 0 Å². The first-order valence-corrected chi connectivity index (χ1v) is 7.10. The number of benzene rings is 1. The summed E-state index contributed by atoms with van der Waals surface area (Å²) in [6, 6.07) is 6.26. The topological polar surface area (TPSA) is 87.7 Å². The van der Waals surface area contributed by atoms with Crippen molar-refractivity contribution in [2.24, 2.45) is 0 Å². The van der Waals surface area contributed by atoms with E-state index in [0.717, 1.165) is 31.4 Å². The Labute approximate surface area is 123 Å². The van der Waals surface area contributed by atoms with Crippen molar-refractivity contribution in [1.82, 2.24) is 10.6 Å². The second-order valence-electron chi connectivity index (χ2n) is 5.04. The molecular formula is C15H20N2O4. The fourth-order valence-corrected chi connectivity index (χ4v) is 2.28. The van der Waals surface area contributed by atoms with E-state index >= 15 is 0 Å². The van der Waals surface area contributed by atoms with E-state index in [2.05, 4.69) is 10.6 Å². The predicted molar refractivity (Wildman–Crippen MR) is 77.2 cm³/mol. The average Bonchev–Trinajstić information content (AvgIpc) is 2.99. The number of carbonyl (C=O) groups is 2. The van der Waals surface area contributed by atoms with E-state index in [-0.39, 0.29) is 17.7 Å². The molecule has 1 aromatic rings. The molecule has 0 radical (unpaired) electrons. The van der Waals surface area contributed by atoms with E-state index in [1.807, 2.05) is 0 Å². The maximum Gasteiger partial charge on any atom is 0.335 e. The molecule has 21 heavy (non-hydrogen) atoms. The standard InChI is InChI=1S/C15H20N2O4/c18-14(19)12-4-1-3-11(9-12)10-17-15(20)16-7-6-13-5-2-8-21-13/h1,3-4,9,13H,2,5-8,10H2,(H,18,19)(H2,16,17,20). The van der Waals surface area contributed by atoms with E-state index in [9.17, 15) is 9.59 Å². The van der Waals surface area contributed by atoms with Crippen molar-refractivity contribution in [2.45, 2.75) is 31.9 Å². The fraction of sp³-hybridized carbons (Fsp3) is 0.467. The third kappa shape index (κ3) is 5.07. The summed E-state index contributed by atoms with van der Waals surface area (Å²) in [6.45, 7) is 1.69. The van der Waals surface area contributed by atoms with Crippen molar-refractivity contribution in [3.05, 3.63) is 35.4 Å². The van der Waals surface area contributed by atoms with E-state index in [4.69, 9.17) is 9.84 Å². The number of ether oxygens (including phenoxy) is 1. The van der Waals surface area contributed by atoms with Crippen molar-refractivity contribution in [1.29, 1.82) is 0 Å². The van der Waals surface area contributed by atoms with Crippen LogP contribution in [0.15, 0.2) is 24.3 Å². The number of urea groups is 1. The zero-order valence-electron chi connectivity index (χ0n) is 11.8. The maximum atomic E-state index is 11.6. The van der Waals surface area contributed by atoms with Gasteiger partial charge < -0.3 is 20.5 Å². The van der Waals surface area contributed by atoms with Gasteiger partial charge >= 0.3 is 12.0 Å². The molecule has 2 amide bonds. The van der Waals surface area contributed by atoms with Gasteiger partial charge in [-0.25, -0.2) is 9.59 Å². The molecule has 1 aliphatic rings. The number of carbonyl (C=O) groups excluding carboxylic acids is 1. The first-order chi connectivity index (χ1) is 10.1. The lowest BCUT2D eigenvalue weighted by molar-refractivity contribution is 0.0696. The number of carboxylic acids is 1. The molecule has 1 aliphatic heterocycles. The van der Waals surface area contributed by atoms with Gasteiger partial charge in [0.2, 0.25) is 0 Å². The van der Waals surface area contributed by atoms with E-state index in [1.54, 1.807) is 18.2 Å². The Morgan fingerprint density at radius 3 is 2.90 bits per heavy atom. The Hall–Kier alpha value is -2.08. The highest BCUT2D eigenvalue weighted by Gasteiger charge is 2.15. The van der Waals surface area contributed by atoms with Gasteiger partial charge in [-0.15, -0.1) is 0 Å².